The monoisotopic (exact) mass is 366 g/mol. The van der Waals surface area contributed by atoms with Crippen LogP contribution in [0.2, 0.25) is 5.02 Å². The van der Waals surface area contributed by atoms with E-state index in [2.05, 4.69) is 16.0 Å². The van der Waals surface area contributed by atoms with Crippen molar-refractivity contribution < 1.29 is 9.59 Å². The number of anilines is 1. The molecule has 0 spiro atoms. The Kier molecular flexibility index (Phi) is 6.30. The molecule has 0 saturated carbocycles. The molecule has 1 aliphatic rings. The van der Waals surface area contributed by atoms with Gasteiger partial charge in [-0.2, -0.15) is 0 Å². The highest BCUT2D eigenvalue weighted by Crippen LogP contribution is 2.26. The molecule has 1 aliphatic heterocycles. The van der Waals surface area contributed by atoms with Gasteiger partial charge in [-0.25, -0.2) is 4.79 Å². The highest BCUT2D eigenvalue weighted by Gasteiger charge is 2.30. The number of nitrogens with one attached hydrogen (secondary N) is 3. The van der Waals surface area contributed by atoms with Gasteiger partial charge in [0, 0.05) is 30.4 Å². The summed E-state index contributed by atoms with van der Waals surface area (Å²) in [6.07, 6.45) is 1.97. The fourth-order valence-corrected chi connectivity index (χ4v) is 3.17. The summed E-state index contributed by atoms with van der Waals surface area (Å²) >= 11 is 6.25. The van der Waals surface area contributed by atoms with E-state index in [4.69, 9.17) is 11.6 Å². The van der Waals surface area contributed by atoms with Gasteiger partial charge in [0.2, 0.25) is 0 Å². The second-order valence-corrected chi connectivity index (χ2v) is 7.78. The van der Waals surface area contributed by atoms with Gasteiger partial charge < -0.3 is 20.9 Å². The first-order valence-electron chi connectivity index (χ1n) is 8.55. The number of nitrogens with zero attached hydrogens (tertiary/aromatic N) is 1. The first-order chi connectivity index (χ1) is 11.7. The summed E-state index contributed by atoms with van der Waals surface area (Å²) in [6, 6.07) is 4.83. The zero-order chi connectivity index (χ0) is 18.6. The molecule has 1 aromatic rings. The van der Waals surface area contributed by atoms with Crippen molar-refractivity contribution in [3.8, 4) is 0 Å². The van der Waals surface area contributed by atoms with Gasteiger partial charge in [0.25, 0.3) is 5.91 Å². The van der Waals surface area contributed by atoms with Gasteiger partial charge in [-0.05, 0) is 58.9 Å². The molecule has 1 atom stereocenters. The Hall–Kier alpha value is -1.79. The zero-order valence-corrected chi connectivity index (χ0v) is 16.0. The summed E-state index contributed by atoms with van der Waals surface area (Å²) in [5, 5.41) is 9.10. The molecule has 25 heavy (non-hydrogen) atoms. The van der Waals surface area contributed by atoms with Crippen LogP contribution in [0.25, 0.3) is 0 Å². The summed E-state index contributed by atoms with van der Waals surface area (Å²) in [5.41, 5.74) is 0.613. The molecule has 6 nitrogen and oxygen atoms in total. The van der Waals surface area contributed by atoms with E-state index in [-0.39, 0.29) is 23.5 Å². The molecule has 3 amide bonds. The van der Waals surface area contributed by atoms with Crippen LogP contribution in [-0.2, 0) is 0 Å². The smallest absolute Gasteiger partial charge is 0.319 e. The topological polar surface area (TPSA) is 73.5 Å². The Morgan fingerprint density at radius 3 is 2.68 bits per heavy atom. The number of halogens is 1. The highest BCUT2D eigenvalue weighted by molar-refractivity contribution is 6.34. The molecular formula is C18H27ClN4O2. The number of likely N-dealkylation sites (N-methyl/N-ethyl adjacent to an activating group) is 1. The van der Waals surface area contributed by atoms with E-state index in [1.165, 1.54) is 0 Å². The number of carbonyl (C=O) groups excluding carboxylic acids is 2. The van der Waals surface area contributed by atoms with Crippen molar-refractivity contribution in [3.05, 3.63) is 28.8 Å². The summed E-state index contributed by atoms with van der Waals surface area (Å²) < 4.78 is 0. The third-order valence-corrected chi connectivity index (χ3v) is 4.35. The van der Waals surface area contributed by atoms with E-state index in [0.717, 1.165) is 25.9 Å². The normalized spacial score (nSPS) is 17.5. The maximum Gasteiger partial charge on any atom is 0.319 e. The molecule has 3 N–H and O–H groups in total. The van der Waals surface area contributed by atoms with Crippen LogP contribution in [-0.4, -0.2) is 48.6 Å². The lowest BCUT2D eigenvalue weighted by molar-refractivity contribution is 0.0737. The Labute approximate surface area is 154 Å². The average molecular weight is 367 g/mol. The molecule has 7 heteroatoms. The zero-order valence-electron chi connectivity index (χ0n) is 15.3. The summed E-state index contributed by atoms with van der Waals surface area (Å²) in [5.74, 6) is -0.0948. The van der Waals surface area contributed by atoms with Crippen molar-refractivity contribution in [1.29, 1.82) is 0 Å². The van der Waals surface area contributed by atoms with Crippen LogP contribution in [0.4, 0.5) is 10.5 Å². The van der Waals surface area contributed by atoms with Crippen molar-refractivity contribution in [2.45, 2.75) is 45.2 Å². The van der Waals surface area contributed by atoms with Crippen LogP contribution in [0.3, 0.4) is 0 Å². The Morgan fingerprint density at radius 2 is 2.04 bits per heavy atom. The number of benzene rings is 1. The van der Waals surface area contributed by atoms with Crippen molar-refractivity contribution in [2.24, 2.45) is 0 Å². The van der Waals surface area contributed by atoms with Gasteiger partial charge in [-0.3, -0.25) is 4.79 Å². The molecule has 1 fully saturated rings. The Morgan fingerprint density at radius 1 is 1.32 bits per heavy atom. The predicted molar refractivity (Wildman–Crippen MR) is 101 cm³/mol. The minimum atomic E-state index is -0.342. The molecular weight excluding hydrogens is 340 g/mol. The van der Waals surface area contributed by atoms with Crippen LogP contribution in [0.15, 0.2) is 18.2 Å². The largest absolute Gasteiger partial charge is 0.334 e. The maximum atomic E-state index is 12.9. The van der Waals surface area contributed by atoms with Crippen molar-refractivity contribution in [3.63, 3.8) is 0 Å². The SMILES string of the molecule is CNCC1CCCN1C(=O)c1cc(NC(=O)NC(C)(C)C)ccc1Cl. The molecule has 0 aliphatic carbocycles. The molecule has 138 valence electrons. The lowest BCUT2D eigenvalue weighted by Gasteiger charge is -2.25. The number of hydrogen-bond acceptors (Lipinski definition) is 3. The average Bonchev–Trinajstić information content (AvgIpc) is 2.95. The van der Waals surface area contributed by atoms with Gasteiger partial charge in [-0.1, -0.05) is 11.6 Å². The number of amides is 3. The minimum absolute atomic E-state index is 0.0948. The third kappa shape index (κ3) is 5.34. The second-order valence-electron chi connectivity index (χ2n) is 7.38. The van der Waals surface area contributed by atoms with Crippen LogP contribution in [0.5, 0.6) is 0 Å². The maximum absolute atomic E-state index is 12.9. The van der Waals surface area contributed by atoms with Crippen LogP contribution < -0.4 is 16.0 Å². The lowest BCUT2D eigenvalue weighted by Crippen LogP contribution is -2.43. The molecule has 1 aromatic carbocycles. The first-order valence-corrected chi connectivity index (χ1v) is 8.93. The second kappa shape index (κ2) is 8.06. The number of carbonyl (C=O) groups is 2. The molecule has 1 unspecified atom stereocenters. The molecule has 0 bridgehead atoms. The molecule has 0 radical (unpaired) electrons. The summed E-state index contributed by atoms with van der Waals surface area (Å²) in [4.78, 5) is 26.8. The Bertz CT molecular complexity index is 642. The van der Waals surface area contributed by atoms with Gasteiger partial charge in [-0.15, -0.1) is 0 Å². The van der Waals surface area contributed by atoms with Crippen LogP contribution in [0.1, 0.15) is 44.0 Å². The van der Waals surface area contributed by atoms with E-state index in [1.807, 2.05) is 32.7 Å². The van der Waals surface area contributed by atoms with Crippen molar-refractivity contribution in [1.82, 2.24) is 15.5 Å². The van der Waals surface area contributed by atoms with Gasteiger partial charge in [0.05, 0.1) is 10.6 Å². The predicted octanol–water partition coefficient (Wildman–Crippen LogP) is 3.08. The number of urea groups is 1. The quantitative estimate of drug-likeness (QED) is 0.766. The van der Waals surface area contributed by atoms with Crippen molar-refractivity contribution in [2.75, 3.05) is 25.5 Å². The van der Waals surface area contributed by atoms with E-state index in [9.17, 15) is 9.59 Å². The van der Waals surface area contributed by atoms with Gasteiger partial charge in [0.15, 0.2) is 0 Å². The van der Waals surface area contributed by atoms with E-state index < -0.39 is 0 Å². The van der Waals surface area contributed by atoms with Gasteiger partial charge >= 0.3 is 6.03 Å². The minimum Gasteiger partial charge on any atom is -0.334 e. The summed E-state index contributed by atoms with van der Waals surface area (Å²) in [7, 11) is 1.88. The van der Waals surface area contributed by atoms with Gasteiger partial charge in [0.1, 0.15) is 0 Å². The number of rotatable bonds is 4. The molecule has 0 aromatic heterocycles. The van der Waals surface area contributed by atoms with Crippen LogP contribution in [0, 0.1) is 0 Å². The van der Waals surface area contributed by atoms with Crippen molar-refractivity contribution >= 4 is 29.2 Å². The van der Waals surface area contributed by atoms with Crippen LogP contribution >= 0.6 is 11.6 Å². The first kappa shape index (κ1) is 19.5. The van der Waals surface area contributed by atoms with E-state index in [1.54, 1.807) is 18.2 Å². The third-order valence-electron chi connectivity index (χ3n) is 4.02. The number of likely N-dealkylation sites (tertiary alicyclic amines) is 1. The lowest BCUT2D eigenvalue weighted by atomic mass is 10.1. The molecule has 2 rings (SSSR count). The Balaban J connectivity index is 2.15. The number of hydrogen-bond donors (Lipinski definition) is 3. The van der Waals surface area contributed by atoms with E-state index >= 15 is 0 Å². The standard InChI is InChI=1S/C18H27ClN4O2/c1-18(2,3)22-17(25)21-12-7-8-15(19)14(10-12)16(24)23-9-5-6-13(23)11-20-4/h7-8,10,13,20H,5-6,9,11H2,1-4H3,(H2,21,22,25). The molecule has 1 saturated heterocycles. The summed E-state index contributed by atoms with van der Waals surface area (Å²) in [6.45, 7) is 7.19. The highest BCUT2D eigenvalue weighted by atomic mass is 35.5. The van der Waals surface area contributed by atoms with E-state index in [0.29, 0.717) is 16.3 Å². The fraction of sp³-hybridized carbons (Fsp3) is 0.556. The molecule has 1 heterocycles. The fourth-order valence-electron chi connectivity index (χ4n) is 2.98.